The van der Waals surface area contributed by atoms with Crippen molar-refractivity contribution in [3.05, 3.63) is 65.4 Å². The van der Waals surface area contributed by atoms with Gasteiger partial charge in [0.25, 0.3) is 0 Å². The maximum absolute atomic E-state index is 12.6. The summed E-state index contributed by atoms with van der Waals surface area (Å²) in [4.78, 5) is 14.6. The number of carbonyl (C=O) groups is 1. The third-order valence-corrected chi connectivity index (χ3v) is 4.51. The second-order valence-electron chi connectivity index (χ2n) is 6.44. The van der Waals surface area contributed by atoms with Gasteiger partial charge in [-0.05, 0) is 44.9 Å². The van der Waals surface area contributed by atoms with Crippen molar-refractivity contribution in [3.8, 4) is 0 Å². The van der Waals surface area contributed by atoms with E-state index in [4.69, 9.17) is 4.74 Å². The molecule has 1 aromatic heterocycles. The van der Waals surface area contributed by atoms with E-state index < -0.39 is 0 Å². The molecule has 2 heterocycles. The molecule has 0 fully saturated rings. The maximum Gasteiger partial charge on any atom is 0.163 e. The third kappa shape index (κ3) is 5.55. The molecular formula is C23H35N3O2. The van der Waals surface area contributed by atoms with Gasteiger partial charge in [0.05, 0.1) is 24.1 Å². The number of Topliss-reactive ketones (excluding diaryl/α,β-unsaturated/α-hetero) is 1. The average molecular weight is 386 g/mol. The molecule has 5 heteroatoms. The van der Waals surface area contributed by atoms with Crippen molar-refractivity contribution in [2.75, 3.05) is 0 Å². The molecule has 1 aliphatic heterocycles. The number of carbonyl (C=O) groups excluding carboxylic acids is 1. The van der Waals surface area contributed by atoms with Crippen LogP contribution in [-0.2, 0) is 23.2 Å². The third-order valence-electron chi connectivity index (χ3n) is 4.51. The fourth-order valence-corrected chi connectivity index (χ4v) is 3.19. The molecule has 154 valence electrons. The summed E-state index contributed by atoms with van der Waals surface area (Å²) in [6.07, 6.45) is 8.77. The second kappa shape index (κ2) is 11.4. The number of ketones is 1. The molecule has 2 rings (SSSR count). The predicted octanol–water partition coefficient (Wildman–Crippen LogP) is 5.28. The highest BCUT2D eigenvalue weighted by molar-refractivity contribution is 6.00. The molecule has 0 spiro atoms. The Hall–Kier alpha value is -2.40. The number of nitrogens with zero attached hydrogens (tertiary/aromatic N) is 3. The van der Waals surface area contributed by atoms with Gasteiger partial charge in [0.1, 0.15) is 0 Å². The Balaban J connectivity index is 0.00000190. The van der Waals surface area contributed by atoms with Crippen molar-refractivity contribution in [1.82, 2.24) is 14.7 Å². The number of ether oxygens (including phenoxy) is 1. The van der Waals surface area contributed by atoms with Crippen LogP contribution in [0.25, 0.3) is 0 Å². The SMILES string of the molecule is C=CN1C(C(C)OCc2ccn(C)n2)=C(C)C(C(=O)CCC)=C/C1=C/C.CC. The van der Waals surface area contributed by atoms with E-state index in [1.165, 1.54) is 0 Å². The highest BCUT2D eigenvalue weighted by Crippen LogP contribution is 2.33. The molecule has 0 aliphatic carbocycles. The number of allylic oxidation sites excluding steroid dienone is 4. The van der Waals surface area contributed by atoms with Crippen molar-refractivity contribution in [2.24, 2.45) is 7.05 Å². The van der Waals surface area contributed by atoms with Crippen LogP contribution in [-0.4, -0.2) is 26.6 Å². The van der Waals surface area contributed by atoms with Crippen LogP contribution < -0.4 is 0 Å². The van der Waals surface area contributed by atoms with Crippen LogP contribution in [0.3, 0.4) is 0 Å². The van der Waals surface area contributed by atoms with Gasteiger partial charge in [-0.1, -0.05) is 33.4 Å². The van der Waals surface area contributed by atoms with E-state index in [0.29, 0.717) is 13.0 Å². The van der Waals surface area contributed by atoms with Gasteiger partial charge < -0.3 is 9.64 Å². The average Bonchev–Trinajstić information content (AvgIpc) is 3.12. The first kappa shape index (κ1) is 23.6. The van der Waals surface area contributed by atoms with Crippen molar-refractivity contribution in [2.45, 2.75) is 67.1 Å². The van der Waals surface area contributed by atoms with E-state index in [9.17, 15) is 4.79 Å². The Kier molecular flexibility index (Phi) is 9.66. The van der Waals surface area contributed by atoms with E-state index in [1.807, 2.05) is 77.9 Å². The van der Waals surface area contributed by atoms with Gasteiger partial charge >= 0.3 is 0 Å². The van der Waals surface area contributed by atoms with Gasteiger partial charge in [0.2, 0.25) is 0 Å². The first-order chi connectivity index (χ1) is 13.4. The quantitative estimate of drug-likeness (QED) is 0.610. The van der Waals surface area contributed by atoms with Crippen LogP contribution in [0, 0.1) is 0 Å². The minimum absolute atomic E-state index is 0.169. The summed E-state index contributed by atoms with van der Waals surface area (Å²) in [5, 5.41) is 4.35. The van der Waals surface area contributed by atoms with Crippen molar-refractivity contribution >= 4 is 5.78 Å². The van der Waals surface area contributed by atoms with Crippen LogP contribution >= 0.6 is 0 Å². The van der Waals surface area contributed by atoms with Gasteiger partial charge in [-0.3, -0.25) is 9.48 Å². The van der Waals surface area contributed by atoms with E-state index in [-0.39, 0.29) is 11.9 Å². The number of aromatic nitrogens is 2. The maximum atomic E-state index is 12.6. The van der Waals surface area contributed by atoms with Crippen LogP contribution in [0.2, 0.25) is 0 Å². The Bertz CT molecular complexity index is 769. The molecule has 0 N–H and O–H groups in total. The summed E-state index contributed by atoms with van der Waals surface area (Å²) in [5.74, 6) is 0.169. The van der Waals surface area contributed by atoms with Gasteiger partial charge in [-0.25, -0.2) is 0 Å². The first-order valence-corrected chi connectivity index (χ1v) is 10.1. The first-order valence-electron chi connectivity index (χ1n) is 10.1. The predicted molar refractivity (Wildman–Crippen MR) is 115 cm³/mol. The molecule has 5 nitrogen and oxygen atoms in total. The molecule has 0 saturated carbocycles. The number of hydrogen-bond acceptors (Lipinski definition) is 4. The number of hydrogen-bond donors (Lipinski definition) is 0. The van der Waals surface area contributed by atoms with E-state index in [0.717, 1.165) is 34.7 Å². The van der Waals surface area contributed by atoms with Gasteiger partial charge in [-0.15, -0.1) is 0 Å². The zero-order chi connectivity index (χ0) is 21.3. The fourth-order valence-electron chi connectivity index (χ4n) is 3.19. The topological polar surface area (TPSA) is 47.4 Å². The Morgan fingerprint density at radius 1 is 1.39 bits per heavy atom. The van der Waals surface area contributed by atoms with Crippen LogP contribution in [0.4, 0.5) is 0 Å². The van der Waals surface area contributed by atoms with E-state index in [1.54, 1.807) is 10.9 Å². The highest BCUT2D eigenvalue weighted by atomic mass is 16.5. The van der Waals surface area contributed by atoms with Gasteiger partial charge in [-0.2, -0.15) is 5.10 Å². The normalized spacial score (nSPS) is 16.5. The summed E-state index contributed by atoms with van der Waals surface area (Å²) >= 11 is 0. The Morgan fingerprint density at radius 3 is 2.57 bits per heavy atom. The van der Waals surface area contributed by atoms with Crippen molar-refractivity contribution in [1.29, 1.82) is 0 Å². The molecule has 0 amide bonds. The zero-order valence-corrected chi connectivity index (χ0v) is 18.5. The zero-order valence-electron chi connectivity index (χ0n) is 18.5. The second-order valence-corrected chi connectivity index (χ2v) is 6.44. The molecule has 1 unspecified atom stereocenters. The highest BCUT2D eigenvalue weighted by Gasteiger charge is 2.28. The summed E-state index contributed by atoms with van der Waals surface area (Å²) in [6, 6.07) is 1.94. The summed E-state index contributed by atoms with van der Waals surface area (Å²) in [5.41, 5.74) is 4.48. The molecule has 1 aromatic rings. The van der Waals surface area contributed by atoms with Crippen LogP contribution in [0.5, 0.6) is 0 Å². The largest absolute Gasteiger partial charge is 0.366 e. The molecule has 0 bridgehead atoms. The Labute approximate surface area is 170 Å². The van der Waals surface area contributed by atoms with Gasteiger partial charge in [0, 0.05) is 37.1 Å². The fraction of sp³-hybridized carbons (Fsp3) is 0.478. The lowest BCUT2D eigenvalue weighted by atomic mass is 9.92. The molecule has 1 atom stereocenters. The minimum atomic E-state index is -0.205. The van der Waals surface area contributed by atoms with Crippen molar-refractivity contribution < 1.29 is 9.53 Å². The molecule has 28 heavy (non-hydrogen) atoms. The van der Waals surface area contributed by atoms with Crippen LogP contribution in [0.1, 0.15) is 60.1 Å². The minimum Gasteiger partial charge on any atom is -0.366 e. The van der Waals surface area contributed by atoms with E-state index >= 15 is 0 Å². The molecule has 1 aliphatic rings. The standard InChI is InChI=1S/C21H29N3O2.C2H6/c1-7-10-20(25)19-13-18(8-2)24(9-3)21(15(19)4)16(5)26-14-17-11-12-23(6)22-17;1-2/h8-9,11-13,16H,3,7,10,14H2,1-2,4-6H3;1-2H3/b18-8-;. The molecule has 0 aromatic carbocycles. The summed E-state index contributed by atoms with van der Waals surface area (Å²) in [6.45, 7) is 16.3. The Morgan fingerprint density at radius 2 is 2.07 bits per heavy atom. The van der Waals surface area contributed by atoms with Crippen LogP contribution in [0.15, 0.2) is 59.7 Å². The number of rotatable bonds is 8. The summed E-state index contributed by atoms with van der Waals surface area (Å²) in [7, 11) is 1.88. The smallest absolute Gasteiger partial charge is 0.163 e. The lowest BCUT2D eigenvalue weighted by Crippen LogP contribution is -2.30. The summed E-state index contributed by atoms with van der Waals surface area (Å²) < 4.78 is 7.83. The van der Waals surface area contributed by atoms with Gasteiger partial charge in [0.15, 0.2) is 5.78 Å². The lowest BCUT2D eigenvalue weighted by molar-refractivity contribution is -0.115. The molecular weight excluding hydrogens is 350 g/mol. The lowest BCUT2D eigenvalue weighted by Gasteiger charge is -2.34. The molecule has 0 radical (unpaired) electrons. The van der Waals surface area contributed by atoms with E-state index in [2.05, 4.69) is 11.7 Å². The monoisotopic (exact) mass is 385 g/mol. The van der Waals surface area contributed by atoms with Crippen molar-refractivity contribution in [3.63, 3.8) is 0 Å². The molecule has 0 saturated heterocycles. The number of aryl methyl sites for hydroxylation is 1.